The van der Waals surface area contributed by atoms with Gasteiger partial charge in [0.1, 0.15) is 11.4 Å². The van der Waals surface area contributed by atoms with Crippen molar-refractivity contribution in [1.29, 1.82) is 0 Å². The fourth-order valence-electron chi connectivity index (χ4n) is 2.96. The minimum Gasteiger partial charge on any atom is -0.444 e. The number of aliphatic hydroxyl groups is 1. The molecule has 152 valence electrons. The summed E-state index contributed by atoms with van der Waals surface area (Å²) >= 11 is 0. The van der Waals surface area contributed by atoms with Gasteiger partial charge < -0.3 is 20.1 Å². The van der Waals surface area contributed by atoms with Gasteiger partial charge in [0.2, 0.25) is 0 Å². The maximum atomic E-state index is 14.1. The van der Waals surface area contributed by atoms with Gasteiger partial charge in [-0.25, -0.2) is 9.18 Å². The molecule has 0 aromatic carbocycles. The van der Waals surface area contributed by atoms with Crippen LogP contribution < -0.4 is 5.32 Å². The van der Waals surface area contributed by atoms with Crippen molar-refractivity contribution in [2.75, 3.05) is 19.7 Å². The van der Waals surface area contributed by atoms with Gasteiger partial charge in [0.15, 0.2) is 0 Å². The van der Waals surface area contributed by atoms with E-state index in [9.17, 15) is 14.3 Å². The van der Waals surface area contributed by atoms with E-state index in [1.807, 2.05) is 34.6 Å². The van der Waals surface area contributed by atoms with Crippen LogP contribution in [0.5, 0.6) is 0 Å². The first-order chi connectivity index (χ1) is 12.6. The van der Waals surface area contributed by atoms with Crippen LogP contribution in [0, 0.1) is 11.7 Å². The zero-order chi connectivity index (χ0) is 20.2. The highest BCUT2D eigenvalue weighted by atomic mass is 19.1. The predicted octanol–water partition coefficient (Wildman–Crippen LogP) is 3.05. The van der Waals surface area contributed by atoms with Gasteiger partial charge in [-0.1, -0.05) is 6.92 Å². The lowest BCUT2D eigenvalue weighted by atomic mass is 10.0. The summed E-state index contributed by atoms with van der Waals surface area (Å²) in [5.74, 6) is -0.198. The van der Waals surface area contributed by atoms with Crippen molar-refractivity contribution in [3.8, 4) is 0 Å². The monoisotopic (exact) mass is 381 g/mol. The Labute approximate surface area is 161 Å². The second-order valence-corrected chi connectivity index (χ2v) is 8.41. The van der Waals surface area contributed by atoms with Gasteiger partial charge in [0, 0.05) is 43.9 Å². The Hall–Kier alpha value is -1.73. The predicted molar refractivity (Wildman–Crippen MR) is 102 cm³/mol. The van der Waals surface area contributed by atoms with Crippen LogP contribution in [0.4, 0.5) is 9.18 Å². The molecule has 1 aliphatic heterocycles. The third kappa shape index (κ3) is 6.14. The van der Waals surface area contributed by atoms with E-state index in [1.54, 1.807) is 11.0 Å². The number of amides is 1. The summed E-state index contributed by atoms with van der Waals surface area (Å²) in [7, 11) is 0. The number of hydrogen-bond donors (Lipinski definition) is 2. The molecule has 1 fully saturated rings. The van der Waals surface area contributed by atoms with Gasteiger partial charge in [-0.15, -0.1) is 0 Å². The third-order valence-electron chi connectivity index (χ3n) is 4.93. The largest absolute Gasteiger partial charge is 0.444 e. The number of nitrogens with one attached hydrogen (secondary N) is 1. The lowest BCUT2D eigenvalue weighted by molar-refractivity contribution is 0.0292. The Morgan fingerprint density at radius 1 is 1.44 bits per heavy atom. The molecule has 1 aliphatic rings. The summed E-state index contributed by atoms with van der Waals surface area (Å²) in [5.41, 5.74) is 0.632. The first kappa shape index (κ1) is 21.6. The number of aromatic nitrogens is 1. The molecule has 0 bridgehead atoms. The van der Waals surface area contributed by atoms with E-state index in [1.165, 1.54) is 6.07 Å². The van der Waals surface area contributed by atoms with Crippen LogP contribution in [0.25, 0.3) is 0 Å². The maximum Gasteiger partial charge on any atom is 0.410 e. The Morgan fingerprint density at radius 2 is 2.15 bits per heavy atom. The van der Waals surface area contributed by atoms with Gasteiger partial charge in [-0.05, 0) is 52.2 Å². The molecule has 1 aromatic heterocycles. The highest BCUT2D eigenvalue weighted by Crippen LogP contribution is 2.27. The summed E-state index contributed by atoms with van der Waals surface area (Å²) in [6.07, 6.45) is 0.462. The van der Waals surface area contributed by atoms with Crippen molar-refractivity contribution in [1.82, 2.24) is 15.2 Å². The molecule has 0 aliphatic carbocycles. The lowest BCUT2D eigenvalue weighted by Gasteiger charge is -2.24. The van der Waals surface area contributed by atoms with Gasteiger partial charge in [-0.2, -0.15) is 0 Å². The number of likely N-dealkylation sites (tertiary alicyclic amines) is 1. The second-order valence-electron chi connectivity index (χ2n) is 8.41. The third-order valence-corrected chi connectivity index (χ3v) is 4.93. The molecule has 1 saturated heterocycles. The van der Waals surface area contributed by atoms with Crippen molar-refractivity contribution in [3.05, 3.63) is 29.3 Å². The van der Waals surface area contributed by atoms with Crippen LogP contribution in [-0.2, 0) is 11.3 Å². The molecular weight excluding hydrogens is 349 g/mol. The molecule has 2 heterocycles. The summed E-state index contributed by atoms with van der Waals surface area (Å²) in [6, 6.07) is 3.19. The molecule has 0 spiro atoms. The van der Waals surface area contributed by atoms with Crippen molar-refractivity contribution in [2.24, 2.45) is 5.92 Å². The molecule has 2 rings (SSSR count). The van der Waals surface area contributed by atoms with Crippen LogP contribution in [0.15, 0.2) is 12.1 Å². The average Bonchev–Trinajstić information content (AvgIpc) is 3.08. The van der Waals surface area contributed by atoms with Gasteiger partial charge in [-0.3, -0.25) is 4.98 Å². The number of nitrogens with zero attached hydrogens (tertiary/aromatic N) is 2. The van der Waals surface area contributed by atoms with E-state index in [0.717, 1.165) is 12.1 Å². The van der Waals surface area contributed by atoms with Gasteiger partial charge >= 0.3 is 6.09 Å². The highest BCUT2D eigenvalue weighted by Gasteiger charge is 2.31. The van der Waals surface area contributed by atoms with Crippen molar-refractivity contribution in [3.63, 3.8) is 0 Å². The van der Waals surface area contributed by atoms with Crippen LogP contribution in [0.3, 0.4) is 0 Å². The van der Waals surface area contributed by atoms with E-state index in [4.69, 9.17) is 4.74 Å². The number of aliphatic hydroxyl groups excluding tert-OH is 1. The average molecular weight is 381 g/mol. The molecule has 1 amide bonds. The standard InChI is InChI=1S/C20H32FN3O3/c1-13(12-25)14(2)22-10-18-16(21)6-7-17(23-18)15-8-9-24(11-15)19(26)27-20(3,4)5/h6-7,13-15,22,25H,8-12H2,1-5H3/t13?,14-,15?/m1/s1. The van der Waals surface area contributed by atoms with Crippen LogP contribution in [0.2, 0.25) is 0 Å². The van der Waals surface area contributed by atoms with E-state index in [0.29, 0.717) is 25.3 Å². The number of carbonyl (C=O) groups is 1. The number of pyridine rings is 1. The first-order valence-corrected chi connectivity index (χ1v) is 9.58. The second kappa shape index (κ2) is 8.97. The minimum absolute atomic E-state index is 0.0500. The Balaban J connectivity index is 2.00. The number of rotatable bonds is 6. The summed E-state index contributed by atoms with van der Waals surface area (Å²) < 4.78 is 19.6. The highest BCUT2D eigenvalue weighted by molar-refractivity contribution is 5.68. The minimum atomic E-state index is -0.523. The normalized spacial score (nSPS) is 19.8. The SMILES string of the molecule is CC(CO)[C@@H](C)NCc1nc(C2CCN(C(=O)OC(C)(C)C)C2)ccc1F. The maximum absolute atomic E-state index is 14.1. The number of halogens is 1. The fraction of sp³-hybridized carbons (Fsp3) is 0.700. The smallest absolute Gasteiger partial charge is 0.410 e. The topological polar surface area (TPSA) is 74.7 Å². The quantitative estimate of drug-likeness (QED) is 0.792. The molecule has 2 N–H and O–H groups in total. The number of hydrogen-bond acceptors (Lipinski definition) is 5. The van der Waals surface area contributed by atoms with E-state index in [-0.39, 0.29) is 36.4 Å². The van der Waals surface area contributed by atoms with Gasteiger partial charge in [0.05, 0.1) is 5.69 Å². The Morgan fingerprint density at radius 3 is 2.78 bits per heavy atom. The lowest BCUT2D eigenvalue weighted by Crippen LogP contribution is -2.35. The molecule has 0 radical (unpaired) electrons. The molecule has 6 nitrogen and oxygen atoms in total. The molecule has 3 atom stereocenters. The Bertz CT molecular complexity index is 648. The summed E-state index contributed by atoms with van der Waals surface area (Å²) in [6.45, 7) is 10.9. The fourth-order valence-corrected chi connectivity index (χ4v) is 2.96. The van der Waals surface area contributed by atoms with E-state index >= 15 is 0 Å². The van der Waals surface area contributed by atoms with Crippen LogP contribution in [0.1, 0.15) is 58.3 Å². The van der Waals surface area contributed by atoms with Gasteiger partial charge in [0.25, 0.3) is 0 Å². The molecule has 2 unspecified atom stereocenters. The molecule has 1 aromatic rings. The van der Waals surface area contributed by atoms with Crippen LogP contribution in [-0.4, -0.2) is 52.4 Å². The van der Waals surface area contributed by atoms with E-state index in [2.05, 4.69) is 10.3 Å². The van der Waals surface area contributed by atoms with Crippen LogP contribution >= 0.6 is 0 Å². The first-order valence-electron chi connectivity index (χ1n) is 9.58. The number of ether oxygens (including phenoxy) is 1. The Kier molecular flexibility index (Phi) is 7.17. The summed E-state index contributed by atoms with van der Waals surface area (Å²) in [5, 5.41) is 12.4. The van der Waals surface area contributed by atoms with E-state index < -0.39 is 5.60 Å². The molecule has 0 saturated carbocycles. The van der Waals surface area contributed by atoms with Crippen molar-refractivity contribution in [2.45, 2.75) is 65.1 Å². The zero-order valence-corrected chi connectivity index (χ0v) is 17.0. The van der Waals surface area contributed by atoms with Crippen molar-refractivity contribution < 1.29 is 19.0 Å². The molecule has 7 heteroatoms. The molecular formula is C20H32FN3O3. The molecule has 27 heavy (non-hydrogen) atoms. The summed E-state index contributed by atoms with van der Waals surface area (Å²) in [4.78, 5) is 18.4. The zero-order valence-electron chi connectivity index (χ0n) is 17.0. The van der Waals surface area contributed by atoms with Crippen molar-refractivity contribution >= 4 is 6.09 Å². The number of carbonyl (C=O) groups excluding carboxylic acids is 1.